The topological polar surface area (TPSA) is 85.5 Å². The lowest BCUT2D eigenvalue weighted by atomic mass is 10.2. The largest absolute Gasteiger partial charge is 0.483 e. The van der Waals surface area contributed by atoms with Gasteiger partial charge in [-0.05, 0) is 44.0 Å². The second kappa shape index (κ2) is 5.70. The summed E-state index contributed by atoms with van der Waals surface area (Å²) in [6.45, 7) is 1.81. The Hall–Kier alpha value is -1.41. The lowest BCUT2D eigenvalue weighted by Gasteiger charge is -2.09. The van der Waals surface area contributed by atoms with Gasteiger partial charge in [0.05, 0.1) is 14.5 Å². The summed E-state index contributed by atoms with van der Waals surface area (Å²) >= 11 is 6.52. The standard InChI is InChI=1S/C11H8Br2N2O4/c1-5-14-9(15-19-5)4-18-10-7(12)2-6(11(16)17)3-8(10)13/h2-3H,4H2,1H3,(H,16,17). The number of aromatic nitrogens is 2. The van der Waals surface area contributed by atoms with Crippen LogP contribution in [0.1, 0.15) is 22.1 Å². The molecular formula is C11H8Br2N2O4. The van der Waals surface area contributed by atoms with Crippen molar-refractivity contribution in [3.63, 3.8) is 0 Å². The van der Waals surface area contributed by atoms with Crippen molar-refractivity contribution in [3.05, 3.63) is 38.4 Å². The fourth-order valence-electron chi connectivity index (χ4n) is 1.36. The molecule has 0 radical (unpaired) electrons. The number of carboxylic acids is 1. The van der Waals surface area contributed by atoms with Crippen molar-refractivity contribution in [2.45, 2.75) is 13.5 Å². The highest BCUT2D eigenvalue weighted by molar-refractivity contribution is 9.11. The molecule has 0 amide bonds. The van der Waals surface area contributed by atoms with Gasteiger partial charge >= 0.3 is 5.97 Å². The third-order valence-electron chi connectivity index (χ3n) is 2.16. The summed E-state index contributed by atoms with van der Waals surface area (Å²) < 4.78 is 11.4. The van der Waals surface area contributed by atoms with Gasteiger partial charge in [-0.15, -0.1) is 0 Å². The fourth-order valence-corrected chi connectivity index (χ4v) is 2.77. The van der Waals surface area contributed by atoms with Gasteiger partial charge in [0, 0.05) is 6.92 Å². The van der Waals surface area contributed by atoms with E-state index in [9.17, 15) is 4.79 Å². The molecule has 1 aromatic carbocycles. The third kappa shape index (κ3) is 3.32. The maximum absolute atomic E-state index is 10.9. The number of carboxylic acid groups (broad SMARTS) is 1. The van der Waals surface area contributed by atoms with Gasteiger partial charge in [-0.3, -0.25) is 0 Å². The summed E-state index contributed by atoms with van der Waals surface area (Å²) in [6.07, 6.45) is 0. The lowest BCUT2D eigenvalue weighted by molar-refractivity contribution is 0.0696. The van der Waals surface area contributed by atoms with E-state index in [1.807, 2.05) is 0 Å². The summed E-state index contributed by atoms with van der Waals surface area (Å²) in [6, 6.07) is 2.92. The van der Waals surface area contributed by atoms with Gasteiger partial charge < -0.3 is 14.4 Å². The number of halogens is 2. The quantitative estimate of drug-likeness (QED) is 0.861. The monoisotopic (exact) mass is 390 g/mol. The molecule has 0 saturated heterocycles. The Morgan fingerprint density at radius 2 is 2.05 bits per heavy atom. The van der Waals surface area contributed by atoms with Gasteiger partial charge in [0.15, 0.2) is 6.61 Å². The predicted molar refractivity (Wildman–Crippen MR) is 72.2 cm³/mol. The molecule has 0 bridgehead atoms. The molecule has 6 nitrogen and oxygen atoms in total. The molecule has 1 aromatic heterocycles. The number of aryl methyl sites for hydroxylation is 1. The van der Waals surface area contributed by atoms with E-state index in [1.165, 1.54) is 12.1 Å². The summed E-state index contributed by atoms with van der Waals surface area (Å²) in [7, 11) is 0. The van der Waals surface area contributed by atoms with Gasteiger partial charge in [-0.25, -0.2) is 4.79 Å². The van der Waals surface area contributed by atoms with Crippen LogP contribution in [0.15, 0.2) is 25.6 Å². The Labute approximate surface area is 125 Å². The average Bonchev–Trinajstić information content (AvgIpc) is 2.73. The van der Waals surface area contributed by atoms with Crippen LogP contribution in [0.5, 0.6) is 5.75 Å². The molecule has 100 valence electrons. The minimum Gasteiger partial charge on any atom is -0.483 e. The zero-order valence-electron chi connectivity index (χ0n) is 9.68. The van der Waals surface area contributed by atoms with Gasteiger partial charge in [0.25, 0.3) is 0 Å². The van der Waals surface area contributed by atoms with Crippen LogP contribution < -0.4 is 4.74 Å². The molecule has 0 aliphatic carbocycles. The number of ether oxygens (including phenoxy) is 1. The molecule has 0 saturated carbocycles. The number of rotatable bonds is 4. The highest BCUT2D eigenvalue weighted by atomic mass is 79.9. The van der Waals surface area contributed by atoms with Crippen LogP contribution in [0.3, 0.4) is 0 Å². The van der Waals surface area contributed by atoms with E-state index in [0.717, 1.165) is 0 Å². The highest BCUT2D eigenvalue weighted by Crippen LogP contribution is 2.35. The summed E-state index contributed by atoms with van der Waals surface area (Å²) in [5.41, 5.74) is 0.154. The van der Waals surface area contributed by atoms with Crippen LogP contribution >= 0.6 is 31.9 Å². The molecule has 0 aliphatic rings. The van der Waals surface area contributed by atoms with E-state index < -0.39 is 5.97 Å². The number of nitrogens with zero attached hydrogens (tertiary/aromatic N) is 2. The molecule has 1 heterocycles. The number of carbonyl (C=O) groups is 1. The second-order valence-corrected chi connectivity index (χ2v) is 5.30. The number of hydrogen-bond acceptors (Lipinski definition) is 5. The Bertz CT molecular complexity index is 604. The average molecular weight is 392 g/mol. The molecule has 8 heteroatoms. The van der Waals surface area contributed by atoms with Gasteiger partial charge in [0.1, 0.15) is 5.75 Å². The SMILES string of the molecule is Cc1nc(COc2c(Br)cc(C(=O)O)cc2Br)no1. The molecule has 2 aromatic rings. The first kappa shape index (κ1) is 14.0. The first-order chi connectivity index (χ1) is 8.97. The predicted octanol–water partition coefficient (Wildman–Crippen LogP) is 3.18. The Kier molecular flexibility index (Phi) is 4.20. The van der Waals surface area contributed by atoms with Crippen LogP contribution in [0.2, 0.25) is 0 Å². The summed E-state index contributed by atoms with van der Waals surface area (Å²) in [5.74, 6) is 0.339. The van der Waals surface area contributed by atoms with Gasteiger partial charge in [-0.1, -0.05) is 5.16 Å². The van der Waals surface area contributed by atoms with E-state index in [2.05, 4.69) is 42.0 Å². The normalized spacial score (nSPS) is 10.5. The molecule has 19 heavy (non-hydrogen) atoms. The molecule has 2 rings (SSSR count). The van der Waals surface area contributed by atoms with E-state index in [1.54, 1.807) is 6.92 Å². The molecule has 0 unspecified atom stereocenters. The molecule has 0 spiro atoms. The third-order valence-corrected chi connectivity index (χ3v) is 3.34. The van der Waals surface area contributed by atoms with Crippen LogP contribution in [0, 0.1) is 6.92 Å². The van der Waals surface area contributed by atoms with Crippen molar-refractivity contribution in [2.24, 2.45) is 0 Å². The zero-order chi connectivity index (χ0) is 14.0. The summed E-state index contributed by atoms with van der Waals surface area (Å²) in [4.78, 5) is 14.9. The lowest BCUT2D eigenvalue weighted by Crippen LogP contribution is -2.01. The summed E-state index contributed by atoms with van der Waals surface area (Å²) in [5, 5.41) is 12.6. The first-order valence-corrected chi connectivity index (χ1v) is 6.70. The van der Waals surface area contributed by atoms with Crippen molar-refractivity contribution in [1.82, 2.24) is 10.1 Å². The molecule has 0 atom stereocenters. The minimum atomic E-state index is -1.01. The maximum atomic E-state index is 10.9. The van der Waals surface area contributed by atoms with E-state index in [0.29, 0.717) is 26.4 Å². The van der Waals surface area contributed by atoms with Crippen molar-refractivity contribution in [1.29, 1.82) is 0 Å². The van der Waals surface area contributed by atoms with Crippen molar-refractivity contribution < 1.29 is 19.2 Å². The maximum Gasteiger partial charge on any atom is 0.335 e. The van der Waals surface area contributed by atoms with E-state index in [4.69, 9.17) is 14.4 Å². The molecule has 0 aliphatic heterocycles. The second-order valence-electron chi connectivity index (χ2n) is 3.59. The highest BCUT2D eigenvalue weighted by Gasteiger charge is 2.14. The van der Waals surface area contributed by atoms with E-state index in [-0.39, 0.29) is 12.2 Å². The van der Waals surface area contributed by atoms with Crippen LogP contribution in [0.4, 0.5) is 0 Å². The van der Waals surface area contributed by atoms with Gasteiger partial charge in [-0.2, -0.15) is 4.98 Å². The van der Waals surface area contributed by atoms with Crippen molar-refractivity contribution >= 4 is 37.8 Å². The molecule has 0 fully saturated rings. The molecule has 1 N–H and O–H groups in total. The number of hydrogen-bond donors (Lipinski definition) is 1. The Morgan fingerprint density at radius 1 is 1.42 bits per heavy atom. The Balaban J connectivity index is 2.18. The zero-order valence-corrected chi connectivity index (χ0v) is 12.9. The van der Waals surface area contributed by atoms with Crippen LogP contribution in [-0.2, 0) is 6.61 Å². The minimum absolute atomic E-state index is 0.126. The molecular weight excluding hydrogens is 384 g/mol. The Morgan fingerprint density at radius 3 is 2.53 bits per heavy atom. The first-order valence-electron chi connectivity index (χ1n) is 5.11. The van der Waals surface area contributed by atoms with Crippen LogP contribution in [-0.4, -0.2) is 21.2 Å². The van der Waals surface area contributed by atoms with Crippen molar-refractivity contribution in [3.8, 4) is 5.75 Å². The smallest absolute Gasteiger partial charge is 0.335 e. The fraction of sp³-hybridized carbons (Fsp3) is 0.182. The van der Waals surface area contributed by atoms with Gasteiger partial charge in [0.2, 0.25) is 11.7 Å². The van der Waals surface area contributed by atoms with Crippen molar-refractivity contribution in [2.75, 3.05) is 0 Å². The number of aromatic carboxylic acids is 1. The van der Waals surface area contributed by atoms with E-state index >= 15 is 0 Å². The number of benzene rings is 1. The van der Waals surface area contributed by atoms with Crippen LogP contribution in [0.25, 0.3) is 0 Å².